The minimum Gasteiger partial charge on any atom is -0.468 e. The van der Waals surface area contributed by atoms with Gasteiger partial charge in [0.15, 0.2) is 0 Å². The van der Waals surface area contributed by atoms with Crippen LogP contribution in [0.2, 0.25) is 0 Å². The first-order valence-corrected chi connectivity index (χ1v) is 9.10. The van der Waals surface area contributed by atoms with Crippen LogP contribution in [0.15, 0.2) is 33.6 Å². The number of rotatable bonds is 5. The Labute approximate surface area is 142 Å². The molecule has 0 aromatic heterocycles. The number of ether oxygens (including phenoxy) is 1. The highest BCUT2D eigenvalue weighted by Gasteiger charge is 2.29. The average Bonchev–Trinajstić information content (AvgIpc) is 2.53. The van der Waals surface area contributed by atoms with Gasteiger partial charge in [0.2, 0.25) is 0 Å². The van der Waals surface area contributed by atoms with Gasteiger partial charge >= 0.3 is 5.97 Å². The average molecular weight is 389 g/mol. The minimum absolute atomic E-state index is 0.0492. The van der Waals surface area contributed by atoms with Crippen LogP contribution in [-0.4, -0.2) is 59.2 Å². The quantitative estimate of drug-likeness (QED) is 0.724. The standard InChI is InChI=1S/C15H21BrN2O3S/c1-17-9-7-13(8-10-17)18(11-15(19)21-2)22(20)14-5-3-12(16)4-6-14/h3-6,13H,7-11H2,1-2H3. The second-order valence-electron chi connectivity index (χ2n) is 5.39. The molecule has 0 N–H and O–H groups in total. The van der Waals surface area contributed by atoms with Crippen molar-refractivity contribution in [3.8, 4) is 0 Å². The Balaban J connectivity index is 2.17. The largest absolute Gasteiger partial charge is 0.468 e. The van der Waals surface area contributed by atoms with Crippen LogP contribution in [-0.2, 0) is 20.5 Å². The summed E-state index contributed by atoms with van der Waals surface area (Å²) in [6.45, 7) is 1.94. The molecule has 1 atom stereocenters. The van der Waals surface area contributed by atoms with Crippen molar-refractivity contribution in [1.82, 2.24) is 9.21 Å². The third-order valence-corrected chi connectivity index (χ3v) is 5.89. The van der Waals surface area contributed by atoms with Gasteiger partial charge in [-0.3, -0.25) is 4.79 Å². The van der Waals surface area contributed by atoms with E-state index >= 15 is 0 Å². The highest BCUT2D eigenvalue weighted by Crippen LogP contribution is 2.22. The van der Waals surface area contributed by atoms with Crippen molar-refractivity contribution in [2.24, 2.45) is 0 Å². The van der Waals surface area contributed by atoms with E-state index in [1.807, 2.05) is 24.3 Å². The van der Waals surface area contributed by atoms with Crippen molar-refractivity contribution in [2.45, 2.75) is 23.8 Å². The van der Waals surface area contributed by atoms with E-state index in [-0.39, 0.29) is 18.6 Å². The van der Waals surface area contributed by atoms with Crippen LogP contribution >= 0.6 is 15.9 Å². The van der Waals surface area contributed by atoms with Crippen molar-refractivity contribution in [2.75, 3.05) is 33.8 Å². The predicted molar refractivity (Wildman–Crippen MR) is 89.8 cm³/mol. The summed E-state index contributed by atoms with van der Waals surface area (Å²) in [5.41, 5.74) is 0. The first-order valence-electron chi connectivity index (χ1n) is 7.20. The van der Waals surface area contributed by atoms with Gasteiger partial charge in [0, 0.05) is 10.5 Å². The number of carbonyl (C=O) groups excluding carboxylic acids is 1. The number of carbonyl (C=O) groups is 1. The second-order valence-corrected chi connectivity index (χ2v) is 7.74. The zero-order valence-electron chi connectivity index (χ0n) is 12.8. The zero-order valence-corrected chi connectivity index (χ0v) is 15.2. The Morgan fingerprint density at radius 2 is 1.95 bits per heavy atom. The number of piperidine rings is 1. The van der Waals surface area contributed by atoms with E-state index < -0.39 is 11.0 Å². The fourth-order valence-electron chi connectivity index (χ4n) is 2.48. The lowest BCUT2D eigenvalue weighted by Gasteiger charge is -2.35. The molecule has 0 amide bonds. The molecule has 122 valence electrons. The van der Waals surface area contributed by atoms with Gasteiger partial charge < -0.3 is 9.64 Å². The van der Waals surface area contributed by atoms with Crippen LogP contribution in [0, 0.1) is 0 Å². The van der Waals surface area contributed by atoms with Crippen LogP contribution < -0.4 is 0 Å². The lowest BCUT2D eigenvalue weighted by Crippen LogP contribution is -2.46. The highest BCUT2D eigenvalue weighted by molar-refractivity contribution is 9.10. The van der Waals surface area contributed by atoms with E-state index in [1.54, 1.807) is 4.31 Å². The summed E-state index contributed by atoms with van der Waals surface area (Å²) in [5, 5.41) is 0. The number of halogens is 1. The smallest absolute Gasteiger partial charge is 0.320 e. The maximum atomic E-state index is 12.9. The third kappa shape index (κ3) is 4.62. The molecule has 1 aromatic carbocycles. The molecule has 1 aliphatic heterocycles. The third-order valence-electron chi connectivity index (χ3n) is 3.84. The van der Waals surface area contributed by atoms with Crippen LogP contribution in [0.1, 0.15) is 12.8 Å². The highest BCUT2D eigenvalue weighted by atomic mass is 79.9. The number of hydrogen-bond donors (Lipinski definition) is 0. The van der Waals surface area contributed by atoms with E-state index in [1.165, 1.54) is 7.11 Å². The summed E-state index contributed by atoms with van der Waals surface area (Å²) in [6, 6.07) is 7.48. The Bertz CT molecular complexity index is 530. The van der Waals surface area contributed by atoms with Crippen molar-refractivity contribution < 1.29 is 13.7 Å². The fourth-order valence-corrected chi connectivity index (χ4v) is 4.09. The topological polar surface area (TPSA) is 49.9 Å². The fraction of sp³-hybridized carbons (Fsp3) is 0.533. The number of benzene rings is 1. The summed E-state index contributed by atoms with van der Waals surface area (Å²) in [4.78, 5) is 14.6. The predicted octanol–water partition coefficient (Wildman–Crippen LogP) is 2.04. The molecule has 22 heavy (non-hydrogen) atoms. The molecule has 0 aliphatic carbocycles. The molecule has 1 unspecified atom stereocenters. The summed E-state index contributed by atoms with van der Waals surface area (Å²) in [5.74, 6) is -0.357. The molecular formula is C15H21BrN2O3S. The lowest BCUT2D eigenvalue weighted by molar-refractivity contribution is -0.141. The molecular weight excluding hydrogens is 368 g/mol. The normalized spacial score (nSPS) is 18.4. The number of esters is 1. The van der Waals surface area contributed by atoms with Gasteiger partial charge in [-0.1, -0.05) is 15.9 Å². The number of methoxy groups -OCH3 is 1. The van der Waals surface area contributed by atoms with E-state index in [9.17, 15) is 9.00 Å². The SMILES string of the molecule is COC(=O)CN(C1CCN(C)CC1)S(=O)c1ccc(Br)cc1. The van der Waals surface area contributed by atoms with Gasteiger partial charge in [-0.2, -0.15) is 0 Å². The van der Waals surface area contributed by atoms with Gasteiger partial charge in [-0.05, 0) is 57.2 Å². The van der Waals surface area contributed by atoms with E-state index in [0.29, 0.717) is 4.90 Å². The van der Waals surface area contributed by atoms with Gasteiger partial charge in [-0.15, -0.1) is 0 Å². The van der Waals surface area contributed by atoms with Gasteiger partial charge in [0.25, 0.3) is 0 Å². The molecule has 0 radical (unpaired) electrons. The lowest BCUT2D eigenvalue weighted by atomic mass is 10.1. The maximum absolute atomic E-state index is 12.9. The van der Waals surface area contributed by atoms with Crippen LogP contribution in [0.3, 0.4) is 0 Å². The van der Waals surface area contributed by atoms with Crippen molar-refractivity contribution >= 4 is 32.9 Å². The van der Waals surface area contributed by atoms with E-state index in [2.05, 4.69) is 27.9 Å². The molecule has 5 nitrogen and oxygen atoms in total. The monoisotopic (exact) mass is 388 g/mol. The number of nitrogens with zero attached hydrogens (tertiary/aromatic N) is 2. The summed E-state index contributed by atoms with van der Waals surface area (Å²) in [6.07, 6.45) is 1.80. The molecule has 1 fully saturated rings. The first kappa shape index (κ1) is 17.6. The zero-order chi connectivity index (χ0) is 16.1. The minimum atomic E-state index is -1.37. The molecule has 1 saturated heterocycles. The van der Waals surface area contributed by atoms with E-state index in [4.69, 9.17) is 4.74 Å². The Morgan fingerprint density at radius 1 is 1.36 bits per heavy atom. The molecule has 0 saturated carbocycles. The molecule has 1 aromatic rings. The maximum Gasteiger partial charge on any atom is 0.320 e. The molecule has 1 heterocycles. The Hall–Kier alpha value is -0.760. The van der Waals surface area contributed by atoms with Crippen molar-refractivity contribution in [1.29, 1.82) is 0 Å². The van der Waals surface area contributed by atoms with Gasteiger partial charge in [0.05, 0.1) is 12.0 Å². The van der Waals surface area contributed by atoms with Crippen LogP contribution in [0.5, 0.6) is 0 Å². The van der Waals surface area contributed by atoms with Crippen LogP contribution in [0.4, 0.5) is 0 Å². The number of likely N-dealkylation sites (tertiary alicyclic amines) is 1. The van der Waals surface area contributed by atoms with Gasteiger partial charge in [-0.25, -0.2) is 8.51 Å². The van der Waals surface area contributed by atoms with Crippen molar-refractivity contribution in [3.05, 3.63) is 28.7 Å². The number of hydrogen-bond acceptors (Lipinski definition) is 4. The summed E-state index contributed by atoms with van der Waals surface area (Å²) < 4.78 is 20.4. The Kier molecular flexibility index (Phi) is 6.55. The molecule has 7 heteroatoms. The second kappa shape index (κ2) is 8.19. The van der Waals surface area contributed by atoms with Gasteiger partial charge in [0.1, 0.15) is 17.5 Å². The Morgan fingerprint density at radius 3 is 2.50 bits per heavy atom. The van der Waals surface area contributed by atoms with E-state index in [0.717, 1.165) is 30.4 Å². The summed E-state index contributed by atoms with van der Waals surface area (Å²) >= 11 is 3.37. The first-order chi connectivity index (χ1) is 10.5. The molecule has 0 spiro atoms. The summed E-state index contributed by atoms with van der Waals surface area (Å²) in [7, 11) is 2.07. The molecule has 1 aliphatic rings. The van der Waals surface area contributed by atoms with Crippen molar-refractivity contribution in [3.63, 3.8) is 0 Å². The molecule has 0 bridgehead atoms. The van der Waals surface area contributed by atoms with Crippen LogP contribution in [0.25, 0.3) is 0 Å². The molecule has 2 rings (SSSR count).